The Morgan fingerprint density at radius 2 is 1.59 bits per heavy atom. The first-order valence-corrected chi connectivity index (χ1v) is 13.7. The third-order valence-electron chi connectivity index (χ3n) is 5.63. The molecule has 0 unspecified atom stereocenters. The van der Waals surface area contributed by atoms with Gasteiger partial charge in [0.25, 0.3) is 0 Å². The second kappa shape index (κ2) is 12.4. The van der Waals surface area contributed by atoms with Crippen molar-refractivity contribution in [1.82, 2.24) is 0 Å². The first-order chi connectivity index (χ1) is 12.8. The molecule has 0 aliphatic heterocycles. The summed E-state index contributed by atoms with van der Waals surface area (Å²) >= 11 is 0. The highest BCUT2D eigenvalue weighted by Gasteiger charge is 2.37. The lowest BCUT2D eigenvalue weighted by molar-refractivity contribution is 0.269. The van der Waals surface area contributed by atoms with E-state index >= 15 is 0 Å². The molecule has 0 aliphatic rings. The van der Waals surface area contributed by atoms with Crippen LogP contribution in [-0.4, -0.2) is 14.9 Å². The van der Waals surface area contributed by atoms with E-state index in [9.17, 15) is 0 Å². The second-order valence-electron chi connectivity index (χ2n) is 9.11. The molecule has 0 heterocycles. The zero-order valence-corrected chi connectivity index (χ0v) is 19.6. The monoisotopic (exact) mass is 386 g/mol. The number of unbranched alkanes of at least 4 members (excludes halogenated alkanes) is 3. The van der Waals surface area contributed by atoms with Crippen molar-refractivity contribution >= 4 is 8.32 Å². The molecular formula is C25H42OSi. The zero-order chi connectivity index (χ0) is 20.2. The fraction of sp³-hybridized carbons (Fsp3) is 0.600. The topological polar surface area (TPSA) is 9.23 Å². The summed E-state index contributed by atoms with van der Waals surface area (Å²) in [5.74, 6) is 0.386. The van der Waals surface area contributed by atoms with E-state index in [4.69, 9.17) is 4.43 Å². The van der Waals surface area contributed by atoms with E-state index in [1.807, 2.05) is 0 Å². The van der Waals surface area contributed by atoms with Crippen LogP contribution in [0.4, 0.5) is 0 Å². The van der Waals surface area contributed by atoms with E-state index < -0.39 is 8.32 Å². The van der Waals surface area contributed by atoms with E-state index in [1.165, 1.54) is 31.2 Å². The first kappa shape index (κ1) is 23.9. The van der Waals surface area contributed by atoms with Gasteiger partial charge in [0.05, 0.1) is 0 Å². The minimum absolute atomic E-state index is 0.263. The van der Waals surface area contributed by atoms with E-state index in [0.29, 0.717) is 5.92 Å². The SMILES string of the molecule is CCCCC/C=C/[C@@H](/C=C/CCc1ccccc1)CO[Si](C)(C)C(C)(C)C. The maximum absolute atomic E-state index is 6.49. The molecule has 0 spiro atoms. The van der Waals surface area contributed by atoms with Crippen LogP contribution in [0.3, 0.4) is 0 Å². The van der Waals surface area contributed by atoms with Crippen LogP contribution in [0.5, 0.6) is 0 Å². The van der Waals surface area contributed by atoms with Crippen molar-refractivity contribution in [3.8, 4) is 0 Å². The van der Waals surface area contributed by atoms with E-state index in [-0.39, 0.29) is 5.04 Å². The smallest absolute Gasteiger partial charge is 0.192 e. The van der Waals surface area contributed by atoms with Crippen molar-refractivity contribution in [3.63, 3.8) is 0 Å². The highest BCUT2D eigenvalue weighted by molar-refractivity contribution is 6.74. The lowest BCUT2D eigenvalue weighted by Crippen LogP contribution is -2.41. The molecule has 0 N–H and O–H groups in total. The molecule has 0 saturated heterocycles. The van der Waals surface area contributed by atoms with Gasteiger partial charge in [-0.3, -0.25) is 0 Å². The van der Waals surface area contributed by atoms with Crippen LogP contribution >= 0.6 is 0 Å². The van der Waals surface area contributed by atoms with Gasteiger partial charge in [0, 0.05) is 12.5 Å². The molecule has 0 saturated carbocycles. The summed E-state index contributed by atoms with van der Waals surface area (Å²) < 4.78 is 6.49. The number of benzene rings is 1. The quantitative estimate of drug-likeness (QED) is 0.201. The van der Waals surface area contributed by atoms with Crippen molar-refractivity contribution in [2.45, 2.75) is 84.4 Å². The lowest BCUT2D eigenvalue weighted by atomic mass is 10.1. The lowest BCUT2D eigenvalue weighted by Gasteiger charge is -2.36. The number of hydrogen-bond acceptors (Lipinski definition) is 1. The molecule has 0 fully saturated rings. The Hall–Kier alpha value is -1.12. The van der Waals surface area contributed by atoms with Gasteiger partial charge in [0.1, 0.15) is 0 Å². The van der Waals surface area contributed by atoms with Crippen LogP contribution in [0.1, 0.15) is 65.4 Å². The van der Waals surface area contributed by atoms with Crippen molar-refractivity contribution in [2.75, 3.05) is 6.61 Å². The molecule has 1 atom stereocenters. The predicted octanol–water partition coefficient (Wildman–Crippen LogP) is 7.95. The van der Waals surface area contributed by atoms with Crippen LogP contribution in [0.15, 0.2) is 54.6 Å². The van der Waals surface area contributed by atoms with Crippen LogP contribution in [0, 0.1) is 5.92 Å². The van der Waals surface area contributed by atoms with Gasteiger partial charge >= 0.3 is 0 Å². The van der Waals surface area contributed by atoms with E-state index in [2.05, 4.69) is 95.4 Å². The molecule has 2 heteroatoms. The number of allylic oxidation sites excluding steroid dienone is 2. The molecule has 1 nitrogen and oxygen atoms in total. The summed E-state index contributed by atoms with van der Waals surface area (Å²) in [6.07, 6.45) is 16.7. The summed E-state index contributed by atoms with van der Waals surface area (Å²) in [7, 11) is -1.70. The highest BCUT2D eigenvalue weighted by Crippen LogP contribution is 2.36. The van der Waals surface area contributed by atoms with Crippen LogP contribution in [0.25, 0.3) is 0 Å². The fourth-order valence-corrected chi connectivity index (χ4v) is 3.69. The van der Waals surface area contributed by atoms with Gasteiger partial charge in [0.15, 0.2) is 8.32 Å². The Balaban J connectivity index is 2.59. The first-order valence-electron chi connectivity index (χ1n) is 10.8. The number of hydrogen-bond donors (Lipinski definition) is 0. The van der Waals surface area contributed by atoms with Gasteiger partial charge in [-0.25, -0.2) is 0 Å². The summed E-state index contributed by atoms with van der Waals surface area (Å²) in [5, 5.41) is 0.263. The van der Waals surface area contributed by atoms with Gasteiger partial charge in [-0.05, 0) is 49.4 Å². The van der Waals surface area contributed by atoms with Gasteiger partial charge in [-0.1, -0.05) is 95.2 Å². The standard InChI is InChI=1S/C25H42OSi/c1-7-8-9-10-12-20-24(22-26-27(5,6)25(2,3)4)21-16-15-19-23-17-13-11-14-18-23/h11-14,16-18,20-21,24H,7-10,15,19,22H2,1-6H3/b20-12+,21-16+/t24-/m0/s1. The summed E-state index contributed by atoms with van der Waals surface area (Å²) in [6.45, 7) is 14.7. The molecule has 27 heavy (non-hydrogen) atoms. The Bertz CT molecular complexity index is 551. The molecule has 1 aromatic rings. The second-order valence-corrected chi connectivity index (χ2v) is 13.9. The Kier molecular flexibility index (Phi) is 10.9. The molecule has 1 rings (SSSR count). The Morgan fingerprint density at radius 1 is 0.963 bits per heavy atom. The largest absolute Gasteiger partial charge is 0.416 e. The van der Waals surface area contributed by atoms with E-state index in [0.717, 1.165) is 19.4 Å². The van der Waals surface area contributed by atoms with Crippen molar-refractivity contribution < 1.29 is 4.43 Å². The third-order valence-corrected chi connectivity index (χ3v) is 10.1. The predicted molar refractivity (Wildman–Crippen MR) is 124 cm³/mol. The molecule has 0 radical (unpaired) electrons. The molecular weight excluding hydrogens is 344 g/mol. The molecule has 152 valence electrons. The summed E-state index contributed by atoms with van der Waals surface area (Å²) in [5.41, 5.74) is 1.41. The van der Waals surface area contributed by atoms with Gasteiger partial charge in [-0.15, -0.1) is 0 Å². The fourth-order valence-electron chi connectivity index (χ4n) is 2.65. The van der Waals surface area contributed by atoms with Gasteiger partial charge in [-0.2, -0.15) is 0 Å². The Morgan fingerprint density at radius 3 is 2.19 bits per heavy atom. The van der Waals surface area contributed by atoms with Crippen molar-refractivity contribution in [2.24, 2.45) is 5.92 Å². The van der Waals surface area contributed by atoms with Gasteiger partial charge < -0.3 is 4.43 Å². The molecule has 0 aromatic heterocycles. The molecule has 1 aromatic carbocycles. The van der Waals surface area contributed by atoms with E-state index in [1.54, 1.807) is 0 Å². The highest BCUT2D eigenvalue weighted by atomic mass is 28.4. The van der Waals surface area contributed by atoms with Gasteiger partial charge in [0.2, 0.25) is 0 Å². The maximum atomic E-state index is 6.49. The number of rotatable bonds is 12. The van der Waals surface area contributed by atoms with Crippen LogP contribution < -0.4 is 0 Å². The van der Waals surface area contributed by atoms with Crippen LogP contribution in [0.2, 0.25) is 18.1 Å². The average molecular weight is 387 g/mol. The third kappa shape index (κ3) is 10.1. The average Bonchev–Trinajstić information content (AvgIpc) is 2.62. The summed E-state index contributed by atoms with van der Waals surface area (Å²) in [6, 6.07) is 10.7. The van der Waals surface area contributed by atoms with Crippen molar-refractivity contribution in [3.05, 3.63) is 60.2 Å². The van der Waals surface area contributed by atoms with Crippen molar-refractivity contribution in [1.29, 1.82) is 0 Å². The van der Waals surface area contributed by atoms with Crippen LogP contribution in [-0.2, 0) is 10.8 Å². The summed E-state index contributed by atoms with van der Waals surface area (Å²) in [4.78, 5) is 0. The Labute approximate surface area is 170 Å². The zero-order valence-electron chi connectivity index (χ0n) is 18.6. The minimum atomic E-state index is -1.70. The molecule has 0 bridgehead atoms. The molecule has 0 amide bonds. The number of aryl methyl sites for hydroxylation is 1. The minimum Gasteiger partial charge on any atom is -0.416 e. The molecule has 0 aliphatic carbocycles. The normalized spacial score (nSPS) is 14.3. The maximum Gasteiger partial charge on any atom is 0.192 e.